The quantitative estimate of drug-likeness (QED) is 0.609. The Morgan fingerprint density at radius 3 is 2.62 bits per heavy atom. The van der Waals surface area contributed by atoms with Crippen molar-refractivity contribution < 1.29 is 4.42 Å². The molecule has 0 spiro atoms. The van der Waals surface area contributed by atoms with E-state index in [0.717, 1.165) is 21.4 Å². The number of hydrogen-bond donors (Lipinski definition) is 1. The highest BCUT2D eigenvalue weighted by Crippen LogP contribution is 2.31. The van der Waals surface area contributed by atoms with Gasteiger partial charge in [-0.1, -0.05) is 36.4 Å². The maximum absolute atomic E-state index is 5.76. The first-order valence-electron chi connectivity index (χ1n) is 6.53. The summed E-state index contributed by atoms with van der Waals surface area (Å²) in [4.78, 5) is 4.29. The highest BCUT2D eigenvalue weighted by Gasteiger charge is 2.13. The fraction of sp³-hybridized carbons (Fsp3) is 0. The highest BCUT2D eigenvalue weighted by molar-refractivity contribution is 7.99. The Hall–Kier alpha value is -2.53. The van der Waals surface area contributed by atoms with Gasteiger partial charge in [-0.3, -0.25) is 0 Å². The zero-order valence-corrected chi connectivity index (χ0v) is 11.8. The number of nitrogens with zero attached hydrogens (tertiary/aromatic N) is 2. The van der Waals surface area contributed by atoms with Gasteiger partial charge in [0.1, 0.15) is 0 Å². The smallest absolute Gasteiger partial charge is 0.281 e. The summed E-state index contributed by atoms with van der Waals surface area (Å²) in [7, 11) is 0. The zero-order chi connectivity index (χ0) is 14.1. The summed E-state index contributed by atoms with van der Waals surface area (Å²) in [6.07, 6.45) is 1.90. The minimum Gasteiger partial charge on any atom is -0.411 e. The summed E-state index contributed by atoms with van der Waals surface area (Å²) >= 11 is 1.46. The van der Waals surface area contributed by atoms with Gasteiger partial charge >= 0.3 is 0 Å². The van der Waals surface area contributed by atoms with Crippen LogP contribution in [0.3, 0.4) is 0 Å². The van der Waals surface area contributed by atoms with Crippen molar-refractivity contribution in [3.8, 4) is 11.5 Å². The number of para-hydroxylation sites is 1. The molecule has 0 unspecified atom stereocenters. The predicted molar refractivity (Wildman–Crippen MR) is 82.2 cm³/mol. The molecule has 4 rings (SSSR count). The molecule has 2 aromatic carbocycles. The van der Waals surface area contributed by atoms with Crippen LogP contribution in [-0.4, -0.2) is 15.2 Å². The van der Waals surface area contributed by atoms with Crippen LogP contribution < -0.4 is 0 Å². The lowest BCUT2D eigenvalue weighted by atomic mass is 10.2. The van der Waals surface area contributed by atoms with E-state index in [9.17, 15) is 0 Å². The van der Waals surface area contributed by atoms with Crippen molar-refractivity contribution in [1.29, 1.82) is 0 Å². The number of benzene rings is 2. The molecule has 0 atom stereocenters. The SMILES string of the molecule is c1ccc(Sc2nnc(-c3c[nH]c4ccccc34)o2)cc1. The lowest BCUT2D eigenvalue weighted by Gasteiger charge is -1.94. The van der Waals surface area contributed by atoms with Gasteiger partial charge in [0.25, 0.3) is 11.1 Å². The Bertz CT molecular complexity index is 883. The summed E-state index contributed by atoms with van der Waals surface area (Å²) in [6.45, 7) is 0. The number of aromatic nitrogens is 3. The lowest BCUT2D eigenvalue weighted by molar-refractivity contribution is 0.466. The molecule has 5 heteroatoms. The van der Waals surface area contributed by atoms with Crippen LogP contribution in [0, 0.1) is 0 Å². The molecule has 0 aliphatic heterocycles. The summed E-state index contributed by atoms with van der Waals surface area (Å²) in [5, 5.41) is 9.88. The summed E-state index contributed by atoms with van der Waals surface area (Å²) in [5.41, 5.74) is 1.99. The monoisotopic (exact) mass is 293 g/mol. The van der Waals surface area contributed by atoms with E-state index >= 15 is 0 Å². The number of hydrogen-bond acceptors (Lipinski definition) is 4. The third-order valence-electron chi connectivity index (χ3n) is 3.17. The highest BCUT2D eigenvalue weighted by atomic mass is 32.2. The molecule has 0 saturated carbocycles. The molecular weight excluding hydrogens is 282 g/mol. The van der Waals surface area contributed by atoms with E-state index in [-0.39, 0.29) is 0 Å². The molecule has 102 valence electrons. The number of fused-ring (bicyclic) bond motifs is 1. The normalized spacial score (nSPS) is 11.0. The number of aromatic amines is 1. The van der Waals surface area contributed by atoms with Crippen molar-refractivity contribution in [2.45, 2.75) is 10.1 Å². The van der Waals surface area contributed by atoms with Crippen LogP contribution in [0.2, 0.25) is 0 Å². The van der Waals surface area contributed by atoms with E-state index in [1.165, 1.54) is 11.8 Å². The minimum absolute atomic E-state index is 0.533. The third-order valence-corrected chi connectivity index (χ3v) is 4.02. The fourth-order valence-corrected chi connectivity index (χ4v) is 2.89. The van der Waals surface area contributed by atoms with Crippen molar-refractivity contribution >= 4 is 22.7 Å². The molecule has 2 heterocycles. The van der Waals surface area contributed by atoms with Crippen molar-refractivity contribution in [1.82, 2.24) is 15.2 Å². The Balaban J connectivity index is 1.68. The Morgan fingerprint density at radius 2 is 1.71 bits per heavy atom. The Morgan fingerprint density at radius 1 is 0.905 bits per heavy atom. The lowest BCUT2D eigenvalue weighted by Crippen LogP contribution is -1.74. The van der Waals surface area contributed by atoms with Crippen LogP contribution >= 0.6 is 11.8 Å². The van der Waals surface area contributed by atoms with E-state index in [0.29, 0.717) is 11.1 Å². The van der Waals surface area contributed by atoms with Gasteiger partial charge in [-0.2, -0.15) is 0 Å². The zero-order valence-electron chi connectivity index (χ0n) is 11.0. The molecule has 4 nitrogen and oxygen atoms in total. The predicted octanol–water partition coefficient (Wildman–Crippen LogP) is 4.37. The first kappa shape index (κ1) is 12.2. The first-order valence-corrected chi connectivity index (χ1v) is 7.35. The van der Waals surface area contributed by atoms with Crippen LogP contribution in [-0.2, 0) is 0 Å². The molecule has 0 aliphatic carbocycles. The van der Waals surface area contributed by atoms with Gasteiger partial charge < -0.3 is 9.40 Å². The number of nitrogens with one attached hydrogen (secondary N) is 1. The molecule has 0 radical (unpaired) electrons. The van der Waals surface area contributed by atoms with Crippen LogP contribution in [0.1, 0.15) is 0 Å². The number of H-pyrrole nitrogens is 1. The van der Waals surface area contributed by atoms with Gasteiger partial charge in [-0.25, -0.2) is 0 Å². The van der Waals surface area contributed by atoms with Crippen molar-refractivity contribution in [2.75, 3.05) is 0 Å². The van der Waals surface area contributed by atoms with E-state index in [4.69, 9.17) is 4.42 Å². The minimum atomic E-state index is 0.533. The molecule has 21 heavy (non-hydrogen) atoms. The Kier molecular flexibility index (Phi) is 2.97. The van der Waals surface area contributed by atoms with E-state index < -0.39 is 0 Å². The van der Waals surface area contributed by atoms with E-state index in [2.05, 4.69) is 15.2 Å². The molecule has 0 saturated heterocycles. The van der Waals surface area contributed by atoms with Crippen LogP contribution in [0.15, 0.2) is 75.3 Å². The third kappa shape index (κ3) is 2.32. The molecule has 0 aliphatic rings. The molecule has 0 amide bonds. The summed E-state index contributed by atoms with van der Waals surface area (Å²) in [6, 6.07) is 18.0. The van der Waals surface area contributed by atoms with Crippen LogP contribution in [0.5, 0.6) is 0 Å². The topological polar surface area (TPSA) is 54.7 Å². The van der Waals surface area contributed by atoms with Crippen molar-refractivity contribution in [3.05, 3.63) is 60.8 Å². The second-order valence-electron chi connectivity index (χ2n) is 4.54. The van der Waals surface area contributed by atoms with Crippen LogP contribution in [0.4, 0.5) is 0 Å². The Labute approximate surface area is 125 Å². The van der Waals surface area contributed by atoms with E-state index in [1.54, 1.807) is 0 Å². The second-order valence-corrected chi connectivity index (χ2v) is 5.56. The van der Waals surface area contributed by atoms with Crippen molar-refractivity contribution in [2.24, 2.45) is 0 Å². The largest absolute Gasteiger partial charge is 0.411 e. The average Bonchev–Trinajstić information content (AvgIpc) is 3.14. The molecule has 2 aromatic heterocycles. The van der Waals surface area contributed by atoms with Gasteiger partial charge in [0.05, 0.1) is 5.56 Å². The molecule has 4 aromatic rings. The summed E-state index contributed by atoms with van der Waals surface area (Å²) < 4.78 is 5.76. The maximum Gasteiger partial charge on any atom is 0.281 e. The maximum atomic E-state index is 5.76. The van der Waals surface area contributed by atoms with Gasteiger partial charge in [-0.05, 0) is 30.0 Å². The molecular formula is C16H11N3OS. The molecule has 0 bridgehead atoms. The second kappa shape index (κ2) is 5.10. The molecule has 0 fully saturated rings. The number of rotatable bonds is 3. The first-order chi connectivity index (χ1) is 10.4. The van der Waals surface area contributed by atoms with Crippen LogP contribution in [0.25, 0.3) is 22.4 Å². The standard InChI is InChI=1S/C16H11N3OS/c1-2-6-11(7-3-1)21-16-19-18-15(20-16)13-10-17-14-9-5-4-8-12(13)14/h1-10,17H. The fourth-order valence-electron chi connectivity index (χ4n) is 2.20. The van der Waals surface area contributed by atoms with Crippen molar-refractivity contribution in [3.63, 3.8) is 0 Å². The average molecular weight is 293 g/mol. The van der Waals surface area contributed by atoms with Gasteiger partial charge in [0.2, 0.25) is 0 Å². The summed E-state index contributed by atoms with van der Waals surface area (Å²) in [5.74, 6) is 0.533. The molecule has 1 N–H and O–H groups in total. The van der Waals surface area contributed by atoms with E-state index in [1.807, 2.05) is 60.8 Å². The van der Waals surface area contributed by atoms with Gasteiger partial charge in [0, 0.05) is 22.0 Å². The van der Waals surface area contributed by atoms with Gasteiger partial charge in [-0.15, -0.1) is 10.2 Å². The van der Waals surface area contributed by atoms with Gasteiger partial charge in [0.15, 0.2) is 0 Å².